The van der Waals surface area contributed by atoms with E-state index in [4.69, 9.17) is 10.5 Å². The molecule has 3 nitrogen and oxygen atoms in total. The van der Waals surface area contributed by atoms with Crippen LogP contribution in [0.1, 0.15) is 52.9 Å². The molecule has 0 spiro atoms. The van der Waals surface area contributed by atoms with Crippen LogP contribution in [0.4, 0.5) is 0 Å². The van der Waals surface area contributed by atoms with E-state index in [9.17, 15) is 0 Å². The minimum absolute atomic E-state index is 0.0547. The fourth-order valence-electron chi connectivity index (χ4n) is 2.46. The van der Waals surface area contributed by atoms with Crippen molar-refractivity contribution in [3.63, 3.8) is 0 Å². The summed E-state index contributed by atoms with van der Waals surface area (Å²) >= 11 is 0. The van der Waals surface area contributed by atoms with Crippen molar-refractivity contribution in [2.24, 2.45) is 22.6 Å². The third-order valence-corrected chi connectivity index (χ3v) is 3.35. The van der Waals surface area contributed by atoms with Crippen LogP contribution in [0.15, 0.2) is 4.99 Å². The van der Waals surface area contributed by atoms with Crippen LogP contribution in [0.5, 0.6) is 0 Å². The van der Waals surface area contributed by atoms with E-state index < -0.39 is 0 Å². The summed E-state index contributed by atoms with van der Waals surface area (Å²) in [5.74, 6) is 1.86. The molecule has 1 rings (SSSR count). The first-order chi connectivity index (χ1) is 8.15. The zero-order chi connectivity index (χ0) is 12.7. The number of aliphatic imine (C=N–C) groups is 1. The van der Waals surface area contributed by atoms with Crippen molar-refractivity contribution >= 4 is 5.84 Å². The molecule has 1 unspecified atom stereocenters. The number of ether oxygens (including phenoxy) is 1. The average molecular weight is 240 g/mol. The number of hydrogen-bond acceptors (Lipinski definition) is 2. The topological polar surface area (TPSA) is 47.6 Å². The van der Waals surface area contributed by atoms with E-state index in [1.807, 2.05) is 6.92 Å². The maximum atomic E-state index is 6.11. The summed E-state index contributed by atoms with van der Waals surface area (Å²) in [4.78, 5) is 4.49. The molecule has 0 heterocycles. The highest BCUT2D eigenvalue weighted by molar-refractivity contribution is 5.85. The second kappa shape index (κ2) is 7.70. The fraction of sp³-hybridized carbons (Fsp3) is 0.929. The van der Waals surface area contributed by atoms with Gasteiger partial charge in [-0.2, -0.15) is 0 Å². The van der Waals surface area contributed by atoms with Crippen LogP contribution in [0.2, 0.25) is 0 Å². The number of amidine groups is 1. The molecule has 0 amide bonds. The Morgan fingerprint density at radius 1 is 1.29 bits per heavy atom. The van der Waals surface area contributed by atoms with Gasteiger partial charge in [-0.05, 0) is 31.6 Å². The molecule has 1 fully saturated rings. The Kier molecular flexibility index (Phi) is 6.56. The molecule has 1 aliphatic rings. The van der Waals surface area contributed by atoms with Crippen LogP contribution in [0.25, 0.3) is 0 Å². The molecule has 0 aromatic rings. The third kappa shape index (κ3) is 5.07. The van der Waals surface area contributed by atoms with Gasteiger partial charge in [-0.15, -0.1) is 0 Å². The summed E-state index contributed by atoms with van der Waals surface area (Å²) in [5.41, 5.74) is 6.11. The molecule has 0 bridgehead atoms. The summed E-state index contributed by atoms with van der Waals surface area (Å²) in [6, 6.07) is 0. The van der Waals surface area contributed by atoms with Gasteiger partial charge in [0.25, 0.3) is 0 Å². The SMILES string of the molecule is CCOC(C(N)=NCC(C)C)C1CCCCC1. The van der Waals surface area contributed by atoms with Gasteiger partial charge in [0.2, 0.25) is 0 Å². The molecule has 17 heavy (non-hydrogen) atoms. The molecule has 0 aromatic heterocycles. The van der Waals surface area contributed by atoms with E-state index in [1.54, 1.807) is 0 Å². The lowest BCUT2D eigenvalue weighted by atomic mass is 9.84. The standard InChI is InChI=1S/C14H28N2O/c1-4-17-13(12-8-6-5-7-9-12)14(15)16-10-11(2)3/h11-13H,4-10H2,1-3H3,(H2,15,16). The zero-order valence-electron chi connectivity index (χ0n) is 11.6. The van der Waals surface area contributed by atoms with Crippen LogP contribution in [0, 0.1) is 11.8 Å². The van der Waals surface area contributed by atoms with Crippen LogP contribution in [-0.2, 0) is 4.74 Å². The minimum Gasteiger partial charge on any atom is -0.385 e. The lowest BCUT2D eigenvalue weighted by molar-refractivity contribution is 0.0519. The number of nitrogens with two attached hydrogens (primary N) is 1. The lowest BCUT2D eigenvalue weighted by Gasteiger charge is -2.29. The van der Waals surface area contributed by atoms with Crippen molar-refractivity contribution in [1.82, 2.24) is 0 Å². The van der Waals surface area contributed by atoms with Crippen molar-refractivity contribution in [2.75, 3.05) is 13.2 Å². The van der Waals surface area contributed by atoms with Crippen LogP contribution < -0.4 is 5.73 Å². The smallest absolute Gasteiger partial charge is 0.123 e. The zero-order valence-corrected chi connectivity index (χ0v) is 11.6. The second-order valence-corrected chi connectivity index (χ2v) is 5.43. The fourth-order valence-corrected chi connectivity index (χ4v) is 2.46. The van der Waals surface area contributed by atoms with Gasteiger partial charge in [0, 0.05) is 13.2 Å². The molecule has 0 aromatic carbocycles. The lowest BCUT2D eigenvalue weighted by Crippen LogP contribution is -2.39. The van der Waals surface area contributed by atoms with Crippen molar-refractivity contribution < 1.29 is 4.74 Å². The highest BCUT2D eigenvalue weighted by Gasteiger charge is 2.26. The molecule has 2 N–H and O–H groups in total. The van der Waals surface area contributed by atoms with E-state index in [-0.39, 0.29) is 6.10 Å². The molecule has 0 saturated heterocycles. The molecule has 1 aliphatic carbocycles. The third-order valence-electron chi connectivity index (χ3n) is 3.35. The Bertz CT molecular complexity index is 232. The first-order valence-corrected chi connectivity index (χ1v) is 7.06. The first-order valence-electron chi connectivity index (χ1n) is 7.06. The van der Waals surface area contributed by atoms with Gasteiger partial charge >= 0.3 is 0 Å². The highest BCUT2D eigenvalue weighted by Crippen LogP contribution is 2.28. The summed E-state index contributed by atoms with van der Waals surface area (Å²) in [6.45, 7) is 7.88. The first kappa shape index (κ1) is 14.5. The molecule has 100 valence electrons. The van der Waals surface area contributed by atoms with Gasteiger partial charge < -0.3 is 10.5 Å². The average Bonchev–Trinajstić information content (AvgIpc) is 2.34. The summed E-state index contributed by atoms with van der Waals surface area (Å²) < 4.78 is 5.82. The van der Waals surface area contributed by atoms with Gasteiger partial charge in [0.05, 0.1) is 0 Å². The van der Waals surface area contributed by atoms with E-state index >= 15 is 0 Å². The van der Waals surface area contributed by atoms with Crippen LogP contribution in [-0.4, -0.2) is 25.1 Å². The van der Waals surface area contributed by atoms with E-state index in [0.717, 1.165) is 13.2 Å². The Morgan fingerprint density at radius 3 is 2.47 bits per heavy atom. The van der Waals surface area contributed by atoms with Gasteiger partial charge in [-0.1, -0.05) is 33.1 Å². The maximum Gasteiger partial charge on any atom is 0.123 e. The quantitative estimate of drug-likeness (QED) is 0.573. The molecule has 3 heteroatoms. The Balaban J connectivity index is 2.59. The number of hydrogen-bond donors (Lipinski definition) is 1. The van der Waals surface area contributed by atoms with Gasteiger partial charge in [0.1, 0.15) is 11.9 Å². The molecule has 0 radical (unpaired) electrons. The van der Waals surface area contributed by atoms with Crippen LogP contribution in [0.3, 0.4) is 0 Å². The Labute approximate surface area is 106 Å². The van der Waals surface area contributed by atoms with Gasteiger partial charge in [-0.3, -0.25) is 4.99 Å². The second-order valence-electron chi connectivity index (χ2n) is 5.43. The predicted octanol–water partition coefficient (Wildman–Crippen LogP) is 2.99. The summed E-state index contributed by atoms with van der Waals surface area (Å²) in [7, 11) is 0. The van der Waals surface area contributed by atoms with Crippen LogP contribution >= 0.6 is 0 Å². The minimum atomic E-state index is 0.0547. The van der Waals surface area contributed by atoms with E-state index in [2.05, 4.69) is 18.8 Å². The monoisotopic (exact) mass is 240 g/mol. The number of nitrogens with zero attached hydrogens (tertiary/aromatic N) is 1. The van der Waals surface area contributed by atoms with Crippen molar-refractivity contribution in [2.45, 2.75) is 59.0 Å². The molecule has 1 atom stereocenters. The molecular formula is C14H28N2O. The van der Waals surface area contributed by atoms with Gasteiger partial charge in [-0.25, -0.2) is 0 Å². The molecule has 1 saturated carbocycles. The van der Waals surface area contributed by atoms with Crippen molar-refractivity contribution in [3.05, 3.63) is 0 Å². The number of rotatable bonds is 6. The van der Waals surface area contributed by atoms with Crippen molar-refractivity contribution in [3.8, 4) is 0 Å². The predicted molar refractivity (Wildman–Crippen MR) is 73.3 cm³/mol. The molecule has 0 aliphatic heterocycles. The Hall–Kier alpha value is -0.570. The Morgan fingerprint density at radius 2 is 1.94 bits per heavy atom. The highest BCUT2D eigenvalue weighted by atomic mass is 16.5. The van der Waals surface area contributed by atoms with Crippen molar-refractivity contribution in [1.29, 1.82) is 0 Å². The normalized spacial score (nSPS) is 20.8. The molecular weight excluding hydrogens is 212 g/mol. The van der Waals surface area contributed by atoms with E-state index in [0.29, 0.717) is 17.7 Å². The van der Waals surface area contributed by atoms with E-state index in [1.165, 1.54) is 32.1 Å². The largest absolute Gasteiger partial charge is 0.385 e. The van der Waals surface area contributed by atoms with Gasteiger partial charge in [0.15, 0.2) is 0 Å². The maximum absolute atomic E-state index is 6.11. The summed E-state index contributed by atoms with van der Waals surface area (Å²) in [5, 5.41) is 0. The summed E-state index contributed by atoms with van der Waals surface area (Å²) in [6.07, 6.45) is 6.51.